The van der Waals surface area contributed by atoms with Crippen molar-refractivity contribution >= 4 is 29.7 Å². The average Bonchev–Trinajstić information content (AvgIpc) is 2.37. The third kappa shape index (κ3) is 5.38. The van der Waals surface area contributed by atoms with Crippen molar-refractivity contribution in [3.8, 4) is 0 Å². The Balaban J connectivity index is 2.42. The Morgan fingerprint density at radius 1 is 1.37 bits per heavy atom. The molecule has 0 aliphatic heterocycles. The Kier molecular flexibility index (Phi) is 5.80. The molecule has 0 aliphatic rings. The van der Waals surface area contributed by atoms with E-state index in [9.17, 15) is 14.4 Å². The number of carbonyl (C=O) groups excluding carboxylic acids is 2. The summed E-state index contributed by atoms with van der Waals surface area (Å²) in [5, 5.41) is 13.8. The highest BCUT2D eigenvalue weighted by Crippen LogP contribution is 2.14. The molecule has 8 heteroatoms. The van der Waals surface area contributed by atoms with Crippen molar-refractivity contribution in [2.45, 2.75) is 11.9 Å². The fourth-order valence-electron chi connectivity index (χ4n) is 1.10. The molecule has 0 unspecified atom stereocenters. The first kappa shape index (κ1) is 15.0. The molecule has 1 aromatic heterocycles. The van der Waals surface area contributed by atoms with Crippen molar-refractivity contribution in [1.29, 1.82) is 0 Å². The van der Waals surface area contributed by atoms with E-state index in [2.05, 4.69) is 15.6 Å². The van der Waals surface area contributed by atoms with E-state index in [1.807, 2.05) is 0 Å². The maximum atomic E-state index is 11.4. The van der Waals surface area contributed by atoms with Crippen molar-refractivity contribution in [3.63, 3.8) is 0 Å². The highest BCUT2D eigenvalue weighted by atomic mass is 32.2. The summed E-state index contributed by atoms with van der Waals surface area (Å²) in [7, 11) is 0. The first-order valence-corrected chi connectivity index (χ1v) is 6.41. The molecule has 0 saturated carbocycles. The summed E-state index contributed by atoms with van der Waals surface area (Å²) in [5.41, 5.74) is 0.0797. The van der Waals surface area contributed by atoms with Crippen LogP contribution in [0.1, 0.15) is 17.3 Å². The standard InChI is InChI=1S/C11H13N3O4S/c1-2-12-11(18)14-8(15)6-19-9-4-3-7(5-13-9)10(16)17/h3-5H,2,6H2,1H3,(H,16,17)(H2,12,14,15,18). The van der Waals surface area contributed by atoms with Gasteiger partial charge < -0.3 is 10.4 Å². The van der Waals surface area contributed by atoms with Crippen LogP contribution in [0.4, 0.5) is 4.79 Å². The predicted molar refractivity (Wildman–Crippen MR) is 69.1 cm³/mol. The lowest BCUT2D eigenvalue weighted by Crippen LogP contribution is -2.40. The maximum Gasteiger partial charge on any atom is 0.337 e. The van der Waals surface area contributed by atoms with Crippen LogP contribution in [0.5, 0.6) is 0 Å². The Bertz CT molecular complexity index is 475. The minimum absolute atomic E-state index is 0.0244. The molecule has 1 rings (SSSR count). The normalized spacial score (nSPS) is 9.74. The number of thioether (sulfide) groups is 1. The molecule has 3 N–H and O–H groups in total. The van der Waals surface area contributed by atoms with E-state index in [-0.39, 0.29) is 11.3 Å². The van der Waals surface area contributed by atoms with Crippen molar-refractivity contribution in [1.82, 2.24) is 15.6 Å². The second-order valence-corrected chi connectivity index (χ2v) is 4.38. The molecule has 19 heavy (non-hydrogen) atoms. The second kappa shape index (κ2) is 7.37. The van der Waals surface area contributed by atoms with Crippen LogP contribution < -0.4 is 10.6 Å². The molecule has 0 spiro atoms. The van der Waals surface area contributed by atoms with Crippen molar-refractivity contribution < 1.29 is 19.5 Å². The number of amides is 3. The number of imide groups is 1. The van der Waals surface area contributed by atoms with E-state index in [4.69, 9.17) is 5.11 Å². The van der Waals surface area contributed by atoms with Crippen LogP contribution in [-0.2, 0) is 4.79 Å². The summed E-state index contributed by atoms with van der Waals surface area (Å²) in [6, 6.07) is 2.37. The molecule has 0 aliphatic carbocycles. The van der Waals surface area contributed by atoms with Gasteiger partial charge in [-0.2, -0.15) is 0 Å². The summed E-state index contributed by atoms with van der Waals surface area (Å²) in [6.45, 7) is 2.18. The van der Waals surface area contributed by atoms with Gasteiger partial charge in [0.1, 0.15) is 0 Å². The van der Waals surface area contributed by atoms with Crippen LogP contribution in [0.3, 0.4) is 0 Å². The number of rotatable bonds is 5. The van der Waals surface area contributed by atoms with E-state index >= 15 is 0 Å². The number of nitrogens with zero attached hydrogens (tertiary/aromatic N) is 1. The monoisotopic (exact) mass is 283 g/mol. The molecule has 3 amide bonds. The zero-order valence-corrected chi connectivity index (χ0v) is 11.0. The number of urea groups is 1. The summed E-state index contributed by atoms with van der Waals surface area (Å²) in [4.78, 5) is 36.9. The molecule has 0 fully saturated rings. The fourth-order valence-corrected chi connectivity index (χ4v) is 1.74. The summed E-state index contributed by atoms with van der Waals surface area (Å²) >= 11 is 1.11. The topological polar surface area (TPSA) is 108 Å². The number of hydrogen-bond acceptors (Lipinski definition) is 5. The zero-order chi connectivity index (χ0) is 14.3. The van der Waals surface area contributed by atoms with Gasteiger partial charge in [0, 0.05) is 12.7 Å². The first-order valence-electron chi connectivity index (χ1n) is 5.42. The van der Waals surface area contributed by atoms with Crippen LogP contribution >= 0.6 is 11.8 Å². The SMILES string of the molecule is CCNC(=O)NC(=O)CSc1ccc(C(=O)O)cn1. The van der Waals surface area contributed by atoms with Gasteiger partial charge in [0.2, 0.25) is 5.91 Å². The molecule has 1 aromatic rings. The van der Waals surface area contributed by atoms with Crippen LogP contribution in [0.2, 0.25) is 0 Å². The average molecular weight is 283 g/mol. The number of aromatic nitrogens is 1. The Hall–Kier alpha value is -2.09. The summed E-state index contributed by atoms with van der Waals surface area (Å²) in [6.07, 6.45) is 1.21. The smallest absolute Gasteiger partial charge is 0.337 e. The number of carboxylic acids is 1. The zero-order valence-electron chi connectivity index (χ0n) is 10.2. The number of hydrogen-bond donors (Lipinski definition) is 3. The summed E-state index contributed by atoms with van der Waals surface area (Å²) < 4.78 is 0. The van der Waals surface area contributed by atoms with Gasteiger partial charge in [0.25, 0.3) is 0 Å². The minimum atomic E-state index is -1.06. The molecular weight excluding hydrogens is 270 g/mol. The molecule has 102 valence electrons. The molecule has 1 heterocycles. The van der Waals surface area contributed by atoms with E-state index in [1.54, 1.807) is 6.92 Å². The first-order chi connectivity index (χ1) is 9.02. The molecule has 7 nitrogen and oxygen atoms in total. The minimum Gasteiger partial charge on any atom is -0.478 e. The largest absolute Gasteiger partial charge is 0.478 e. The van der Waals surface area contributed by atoms with E-state index in [0.29, 0.717) is 11.6 Å². The van der Waals surface area contributed by atoms with Crippen LogP contribution in [0.15, 0.2) is 23.4 Å². The van der Waals surface area contributed by atoms with Gasteiger partial charge in [-0.3, -0.25) is 10.1 Å². The number of pyridine rings is 1. The lowest BCUT2D eigenvalue weighted by molar-refractivity contribution is -0.117. The molecular formula is C11H13N3O4S. The Morgan fingerprint density at radius 2 is 2.11 bits per heavy atom. The van der Waals surface area contributed by atoms with Crippen molar-refractivity contribution in [3.05, 3.63) is 23.9 Å². The number of nitrogens with one attached hydrogen (secondary N) is 2. The molecule has 0 radical (unpaired) electrons. The van der Waals surface area contributed by atoms with Crippen LogP contribution in [0, 0.1) is 0 Å². The number of carboxylic acid groups (broad SMARTS) is 1. The van der Waals surface area contributed by atoms with Crippen molar-refractivity contribution in [2.24, 2.45) is 0 Å². The highest BCUT2D eigenvalue weighted by Gasteiger charge is 2.08. The fraction of sp³-hybridized carbons (Fsp3) is 0.273. The van der Waals surface area contributed by atoms with Crippen LogP contribution in [0.25, 0.3) is 0 Å². The van der Waals surface area contributed by atoms with Gasteiger partial charge in [-0.1, -0.05) is 11.8 Å². The third-order valence-corrected chi connectivity index (χ3v) is 2.87. The van der Waals surface area contributed by atoms with Crippen molar-refractivity contribution in [2.75, 3.05) is 12.3 Å². The maximum absolute atomic E-state index is 11.4. The molecule has 0 aromatic carbocycles. The Morgan fingerprint density at radius 3 is 2.63 bits per heavy atom. The van der Waals surface area contributed by atoms with Gasteiger partial charge in [-0.25, -0.2) is 14.6 Å². The predicted octanol–water partition coefficient (Wildman–Crippen LogP) is 0.718. The van der Waals surface area contributed by atoms with Gasteiger partial charge in [-0.15, -0.1) is 0 Å². The van der Waals surface area contributed by atoms with E-state index in [1.165, 1.54) is 18.3 Å². The van der Waals surface area contributed by atoms with Gasteiger partial charge in [0.15, 0.2) is 0 Å². The van der Waals surface area contributed by atoms with Crippen LogP contribution in [-0.4, -0.2) is 40.3 Å². The van der Waals surface area contributed by atoms with Gasteiger partial charge >= 0.3 is 12.0 Å². The summed E-state index contributed by atoms with van der Waals surface area (Å²) in [5.74, 6) is -1.48. The third-order valence-electron chi connectivity index (χ3n) is 1.92. The lowest BCUT2D eigenvalue weighted by Gasteiger charge is -2.04. The Labute approximate surface area is 113 Å². The van der Waals surface area contributed by atoms with E-state index < -0.39 is 17.9 Å². The van der Waals surface area contributed by atoms with Gasteiger partial charge in [0.05, 0.1) is 16.3 Å². The number of aromatic carboxylic acids is 1. The quantitative estimate of drug-likeness (QED) is 0.687. The second-order valence-electron chi connectivity index (χ2n) is 3.39. The molecule has 0 bridgehead atoms. The lowest BCUT2D eigenvalue weighted by atomic mass is 10.3. The molecule has 0 saturated heterocycles. The molecule has 0 atom stereocenters. The van der Waals surface area contributed by atoms with Gasteiger partial charge in [-0.05, 0) is 19.1 Å². The highest BCUT2D eigenvalue weighted by molar-refractivity contribution is 7.99. The number of carbonyl (C=O) groups is 3. The van der Waals surface area contributed by atoms with E-state index in [0.717, 1.165) is 11.8 Å².